The van der Waals surface area contributed by atoms with Crippen LogP contribution in [0.3, 0.4) is 0 Å². The van der Waals surface area contributed by atoms with Gasteiger partial charge in [-0.3, -0.25) is 9.59 Å². The van der Waals surface area contributed by atoms with Gasteiger partial charge in [0.15, 0.2) is 0 Å². The number of aromatic amines is 1. The van der Waals surface area contributed by atoms with Crippen LogP contribution in [-0.4, -0.2) is 40.3 Å². The number of fused-ring (bicyclic) bond motifs is 1. The summed E-state index contributed by atoms with van der Waals surface area (Å²) in [6.07, 6.45) is 2.36. The number of nitrogens with one attached hydrogen (secondary N) is 1. The van der Waals surface area contributed by atoms with Gasteiger partial charge in [0, 0.05) is 29.2 Å². The third-order valence-corrected chi connectivity index (χ3v) is 6.36. The highest BCUT2D eigenvalue weighted by Crippen LogP contribution is 2.40. The molecular weight excluding hydrogens is 447 g/mol. The number of benzene rings is 3. The summed E-state index contributed by atoms with van der Waals surface area (Å²) < 4.78 is 19.3. The Labute approximate surface area is 201 Å². The number of halogens is 1. The number of methoxy groups -OCH3 is 1. The molecule has 1 aliphatic rings. The predicted molar refractivity (Wildman–Crippen MR) is 130 cm³/mol. The first kappa shape index (κ1) is 22.4. The van der Waals surface area contributed by atoms with E-state index < -0.39 is 23.5 Å². The number of ketones is 1. The Bertz CT molecular complexity index is 1460. The fraction of sp³-hybridized carbons (Fsp3) is 0.143. The summed E-state index contributed by atoms with van der Waals surface area (Å²) in [5.74, 6) is -1.74. The zero-order valence-electron chi connectivity index (χ0n) is 19.0. The van der Waals surface area contributed by atoms with Crippen LogP contribution in [0.2, 0.25) is 0 Å². The molecule has 1 aromatic heterocycles. The van der Waals surface area contributed by atoms with Crippen molar-refractivity contribution in [3.05, 3.63) is 107 Å². The Morgan fingerprint density at radius 2 is 1.83 bits per heavy atom. The van der Waals surface area contributed by atoms with E-state index in [1.54, 1.807) is 30.3 Å². The number of hydrogen-bond donors (Lipinski definition) is 2. The molecule has 1 amide bonds. The van der Waals surface area contributed by atoms with Gasteiger partial charge >= 0.3 is 0 Å². The maximum Gasteiger partial charge on any atom is 0.295 e. The van der Waals surface area contributed by atoms with Crippen LogP contribution in [0.4, 0.5) is 4.39 Å². The number of aromatic nitrogens is 1. The molecule has 0 spiro atoms. The van der Waals surface area contributed by atoms with E-state index in [1.165, 1.54) is 30.2 Å². The van der Waals surface area contributed by atoms with Crippen LogP contribution in [0.5, 0.6) is 5.75 Å². The number of amides is 1. The number of H-pyrrole nitrogens is 1. The fourth-order valence-corrected chi connectivity index (χ4v) is 4.62. The molecule has 0 saturated carbocycles. The topological polar surface area (TPSA) is 82.6 Å². The zero-order chi connectivity index (χ0) is 24.5. The van der Waals surface area contributed by atoms with Gasteiger partial charge in [-0.25, -0.2) is 4.39 Å². The molecule has 176 valence electrons. The van der Waals surface area contributed by atoms with Crippen LogP contribution < -0.4 is 4.74 Å². The van der Waals surface area contributed by atoms with Crippen molar-refractivity contribution in [1.82, 2.24) is 9.88 Å². The summed E-state index contributed by atoms with van der Waals surface area (Å²) in [6, 6.07) is 19.2. The van der Waals surface area contributed by atoms with Crippen LogP contribution in [-0.2, 0) is 16.0 Å². The van der Waals surface area contributed by atoms with Crippen molar-refractivity contribution in [3.8, 4) is 5.75 Å². The number of likely N-dealkylation sites (tertiary alicyclic amines) is 1. The molecule has 0 radical (unpaired) electrons. The highest BCUT2D eigenvalue weighted by molar-refractivity contribution is 6.46. The number of aliphatic hydroxyl groups excluding tert-OH is 1. The summed E-state index contributed by atoms with van der Waals surface area (Å²) in [4.78, 5) is 30.9. The lowest BCUT2D eigenvalue weighted by molar-refractivity contribution is -0.139. The van der Waals surface area contributed by atoms with Crippen LogP contribution in [0, 0.1) is 5.82 Å². The molecule has 5 rings (SSSR count). The van der Waals surface area contributed by atoms with Gasteiger partial charge in [0.1, 0.15) is 17.3 Å². The second kappa shape index (κ2) is 9.10. The highest BCUT2D eigenvalue weighted by atomic mass is 19.1. The molecule has 0 bridgehead atoms. The van der Waals surface area contributed by atoms with Gasteiger partial charge in [0.05, 0.1) is 18.7 Å². The first-order chi connectivity index (χ1) is 17.0. The second-order valence-corrected chi connectivity index (χ2v) is 8.39. The maximum atomic E-state index is 14.2. The molecule has 7 heteroatoms. The quantitative estimate of drug-likeness (QED) is 0.237. The minimum atomic E-state index is -0.919. The number of carbonyl (C=O) groups is 2. The minimum absolute atomic E-state index is 0.0651. The molecule has 2 N–H and O–H groups in total. The molecule has 2 heterocycles. The average Bonchev–Trinajstić information content (AvgIpc) is 3.40. The SMILES string of the molecule is COc1ccc(C(O)=C2C(=O)C(=O)N(CCc3c[nH]c4ccccc34)C2c2cccc(F)c2)cc1. The molecule has 1 fully saturated rings. The number of rotatable bonds is 6. The van der Waals surface area contributed by atoms with Gasteiger partial charge in [-0.1, -0.05) is 30.3 Å². The number of para-hydroxylation sites is 1. The summed E-state index contributed by atoms with van der Waals surface area (Å²) in [5.41, 5.74) is 2.69. The van der Waals surface area contributed by atoms with Crippen molar-refractivity contribution < 1.29 is 23.8 Å². The largest absolute Gasteiger partial charge is 0.507 e. The van der Waals surface area contributed by atoms with Crippen molar-refractivity contribution in [1.29, 1.82) is 0 Å². The Kier molecular flexibility index (Phi) is 5.82. The first-order valence-corrected chi connectivity index (χ1v) is 11.2. The van der Waals surface area contributed by atoms with Crippen molar-refractivity contribution in [3.63, 3.8) is 0 Å². The summed E-state index contributed by atoms with van der Waals surface area (Å²) in [5, 5.41) is 12.2. The summed E-state index contributed by atoms with van der Waals surface area (Å²) in [7, 11) is 1.53. The molecule has 1 atom stereocenters. The van der Waals surface area contributed by atoms with E-state index in [4.69, 9.17) is 4.74 Å². The standard InChI is InChI=1S/C28H23FN2O4/c1-35-21-11-9-17(10-12-21)26(32)24-25(18-5-4-6-20(29)15-18)31(28(34)27(24)33)14-13-19-16-30-23-8-3-2-7-22(19)23/h2-12,15-16,25,30,32H,13-14H2,1H3. The third kappa shape index (κ3) is 4.05. The average molecular weight is 471 g/mol. The van der Waals surface area contributed by atoms with Gasteiger partial charge in [0.2, 0.25) is 0 Å². The summed E-state index contributed by atoms with van der Waals surface area (Å²) >= 11 is 0. The van der Waals surface area contributed by atoms with Gasteiger partial charge in [-0.05, 0) is 60.0 Å². The molecule has 0 aliphatic carbocycles. The lowest BCUT2D eigenvalue weighted by atomic mass is 9.95. The molecule has 1 aliphatic heterocycles. The molecule has 1 saturated heterocycles. The van der Waals surface area contributed by atoms with Crippen LogP contribution in [0.15, 0.2) is 84.6 Å². The smallest absolute Gasteiger partial charge is 0.295 e. The Morgan fingerprint density at radius 3 is 2.57 bits per heavy atom. The molecule has 35 heavy (non-hydrogen) atoms. The lowest BCUT2D eigenvalue weighted by Crippen LogP contribution is -2.31. The number of ether oxygens (including phenoxy) is 1. The molecule has 6 nitrogen and oxygen atoms in total. The number of Topliss-reactive ketones (excluding diaryl/α,β-unsaturated/α-hetero) is 1. The molecule has 1 unspecified atom stereocenters. The normalized spacial score (nSPS) is 17.3. The number of carbonyl (C=O) groups excluding carboxylic acids is 2. The zero-order valence-corrected chi connectivity index (χ0v) is 19.0. The second-order valence-electron chi connectivity index (χ2n) is 8.39. The van der Waals surface area contributed by atoms with E-state index in [0.29, 0.717) is 23.3 Å². The van der Waals surface area contributed by atoms with E-state index in [1.807, 2.05) is 30.5 Å². The first-order valence-electron chi connectivity index (χ1n) is 11.2. The molecule has 3 aromatic carbocycles. The van der Waals surface area contributed by atoms with E-state index in [2.05, 4.69) is 4.98 Å². The van der Waals surface area contributed by atoms with Gasteiger partial charge in [-0.2, -0.15) is 0 Å². The van der Waals surface area contributed by atoms with Crippen LogP contribution in [0.25, 0.3) is 16.7 Å². The Balaban J connectivity index is 1.56. The lowest BCUT2D eigenvalue weighted by Gasteiger charge is -2.25. The Hall–Kier alpha value is -4.39. The monoisotopic (exact) mass is 470 g/mol. The highest BCUT2D eigenvalue weighted by Gasteiger charge is 2.46. The minimum Gasteiger partial charge on any atom is -0.507 e. The van der Waals surface area contributed by atoms with Crippen molar-refractivity contribution in [2.24, 2.45) is 0 Å². The molecule has 4 aromatic rings. The van der Waals surface area contributed by atoms with Crippen molar-refractivity contribution in [2.75, 3.05) is 13.7 Å². The third-order valence-electron chi connectivity index (χ3n) is 6.36. The summed E-state index contributed by atoms with van der Waals surface area (Å²) in [6.45, 7) is 0.215. The maximum absolute atomic E-state index is 14.2. The van der Waals surface area contributed by atoms with E-state index in [0.717, 1.165) is 16.5 Å². The van der Waals surface area contributed by atoms with Gasteiger partial charge in [-0.15, -0.1) is 0 Å². The van der Waals surface area contributed by atoms with E-state index >= 15 is 0 Å². The van der Waals surface area contributed by atoms with E-state index in [9.17, 15) is 19.1 Å². The fourth-order valence-electron chi connectivity index (χ4n) is 4.62. The van der Waals surface area contributed by atoms with Crippen LogP contribution >= 0.6 is 0 Å². The van der Waals surface area contributed by atoms with Gasteiger partial charge in [0.25, 0.3) is 11.7 Å². The number of hydrogen-bond acceptors (Lipinski definition) is 4. The van der Waals surface area contributed by atoms with Gasteiger partial charge < -0.3 is 19.7 Å². The van der Waals surface area contributed by atoms with Crippen molar-refractivity contribution in [2.45, 2.75) is 12.5 Å². The predicted octanol–water partition coefficient (Wildman–Crippen LogP) is 4.98. The number of nitrogens with zero attached hydrogens (tertiary/aromatic N) is 1. The number of aliphatic hydroxyl groups is 1. The Morgan fingerprint density at radius 1 is 1.06 bits per heavy atom. The van der Waals surface area contributed by atoms with Crippen LogP contribution in [0.1, 0.15) is 22.7 Å². The molecular formula is C28H23FN2O4. The van der Waals surface area contributed by atoms with E-state index in [-0.39, 0.29) is 17.9 Å². The van der Waals surface area contributed by atoms with Crippen molar-refractivity contribution >= 4 is 28.4 Å².